The SMILES string of the molecule is CCOP(=O)(OCC)C(O)[C@H](CCC(=O)N1CCOc2ccc(Cl)cc2C1)NC(=O)[C@H](CC1CCCCC1)NC(=O)O. The van der Waals surface area contributed by atoms with Gasteiger partial charge in [-0.1, -0.05) is 43.7 Å². The number of hydrogen-bond acceptors (Lipinski definition) is 8. The van der Waals surface area contributed by atoms with Crippen molar-refractivity contribution in [3.63, 3.8) is 0 Å². The van der Waals surface area contributed by atoms with Gasteiger partial charge in [0.15, 0.2) is 5.85 Å². The van der Waals surface area contributed by atoms with Crippen LogP contribution in [0.2, 0.25) is 5.02 Å². The Bertz CT molecular complexity index is 1110. The van der Waals surface area contributed by atoms with E-state index < -0.39 is 37.5 Å². The summed E-state index contributed by atoms with van der Waals surface area (Å²) in [5, 5.41) is 26.1. The van der Waals surface area contributed by atoms with Gasteiger partial charge in [-0.15, -0.1) is 0 Å². The number of ether oxygens (including phenoxy) is 1. The van der Waals surface area contributed by atoms with Crippen molar-refractivity contribution < 1.29 is 42.9 Å². The Labute approximate surface area is 251 Å². The topological polar surface area (TPSA) is 164 Å². The van der Waals surface area contributed by atoms with Crippen LogP contribution < -0.4 is 15.4 Å². The summed E-state index contributed by atoms with van der Waals surface area (Å²) in [4.78, 5) is 39.9. The molecule has 3 rings (SSSR count). The van der Waals surface area contributed by atoms with E-state index in [4.69, 9.17) is 25.4 Å². The summed E-state index contributed by atoms with van der Waals surface area (Å²) in [5.74, 6) is -1.93. The zero-order valence-corrected chi connectivity index (χ0v) is 25.9. The Morgan fingerprint density at radius 3 is 2.48 bits per heavy atom. The van der Waals surface area contributed by atoms with E-state index in [1.54, 1.807) is 36.9 Å². The van der Waals surface area contributed by atoms with Crippen LogP contribution in [0.5, 0.6) is 5.75 Å². The fourth-order valence-electron chi connectivity index (χ4n) is 5.50. The predicted molar refractivity (Wildman–Crippen MR) is 157 cm³/mol. The van der Waals surface area contributed by atoms with E-state index in [-0.39, 0.29) is 51.0 Å². The number of carboxylic acid groups (broad SMARTS) is 1. The molecule has 1 heterocycles. The first-order chi connectivity index (χ1) is 20.1. The van der Waals surface area contributed by atoms with Crippen molar-refractivity contribution in [1.82, 2.24) is 15.5 Å². The first-order valence-corrected chi connectivity index (χ1v) is 16.6. The summed E-state index contributed by atoms with van der Waals surface area (Å²) in [5.41, 5.74) is 0.751. The second-order valence-corrected chi connectivity index (χ2v) is 13.2. The monoisotopic (exact) mass is 631 g/mol. The van der Waals surface area contributed by atoms with Crippen molar-refractivity contribution in [2.24, 2.45) is 5.92 Å². The second kappa shape index (κ2) is 16.5. The average Bonchev–Trinajstić information content (AvgIpc) is 3.17. The number of carbonyl (C=O) groups is 3. The summed E-state index contributed by atoms with van der Waals surface area (Å²) in [6.45, 7) is 4.00. The Morgan fingerprint density at radius 2 is 1.83 bits per heavy atom. The Morgan fingerprint density at radius 1 is 1.14 bits per heavy atom. The van der Waals surface area contributed by atoms with Gasteiger partial charge in [-0.3, -0.25) is 14.2 Å². The van der Waals surface area contributed by atoms with Crippen molar-refractivity contribution in [3.05, 3.63) is 28.8 Å². The summed E-state index contributed by atoms with van der Waals surface area (Å²) in [6, 6.07) is 2.89. The van der Waals surface area contributed by atoms with Gasteiger partial charge < -0.3 is 39.5 Å². The standard InChI is InChI=1S/C28H43ClN3O9P/c1-3-40-42(38,41-4-2)27(35)22(30-26(34)23(31-28(36)37)16-19-8-6-5-7-9-19)11-13-25(33)32-14-15-39-24-12-10-21(29)17-20(24)18-32/h10,12,17,19,22-23,27,31,35H,3-9,11,13-16,18H2,1-2H3,(H,30,34)(H,36,37)/t22-,23-,27?/m0/s1. The Kier molecular flexibility index (Phi) is 13.4. The molecular formula is C28H43ClN3O9P. The summed E-state index contributed by atoms with van der Waals surface area (Å²) >= 11 is 6.14. The maximum absolute atomic E-state index is 13.5. The number of amides is 3. The number of halogens is 1. The average molecular weight is 632 g/mol. The number of benzene rings is 1. The lowest BCUT2D eigenvalue weighted by atomic mass is 9.84. The smallest absolute Gasteiger partial charge is 0.405 e. The summed E-state index contributed by atoms with van der Waals surface area (Å²) in [6.07, 6.45) is 3.65. The van der Waals surface area contributed by atoms with Crippen LogP contribution in [0.15, 0.2) is 18.2 Å². The molecule has 3 atom stereocenters. The molecule has 1 aliphatic carbocycles. The van der Waals surface area contributed by atoms with Gasteiger partial charge in [0.25, 0.3) is 0 Å². The second-order valence-electron chi connectivity index (χ2n) is 10.6. The maximum Gasteiger partial charge on any atom is 0.405 e. The molecule has 1 fully saturated rings. The van der Waals surface area contributed by atoms with E-state index in [1.807, 2.05) is 0 Å². The van der Waals surface area contributed by atoms with Crippen LogP contribution in [0, 0.1) is 5.92 Å². The van der Waals surface area contributed by atoms with Crippen LogP contribution in [0.1, 0.15) is 70.8 Å². The molecule has 1 saturated carbocycles. The van der Waals surface area contributed by atoms with Gasteiger partial charge in [-0.05, 0) is 50.8 Å². The first kappa shape index (κ1) is 34.1. The van der Waals surface area contributed by atoms with E-state index in [1.165, 1.54) is 0 Å². The Balaban J connectivity index is 1.77. The molecule has 236 valence electrons. The molecule has 12 nitrogen and oxygen atoms in total. The number of carbonyl (C=O) groups excluding carboxylic acids is 2. The van der Waals surface area contributed by atoms with Gasteiger partial charge in [-0.25, -0.2) is 4.79 Å². The van der Waals surface area contributed by atoms with Gasteiger partial charge >= 0.3 is 13.7 Å². The molecule has 1 aromatic rings. The highest BCUT2D eigenvalue weighted by atomic mass is 35.5. The first-order valence-electron chi connectivity index (χ1n) is 14.6. The molecule has 2 aliphatic rings. The normalized spacial score (nSPS) is 18.1. The van der Waals surface area contributed by atoms with E-state index in [9.17, 15) is 29.2 Å². The zero-order valence-electron chi connectivity index (χ0n) is 24.3. The highest BCUT2D eigenvalue weighted by molar-refractivity contribution is 7.54. The summed E-state index contributed by atoms with van der Waals surface area (Å²) < 4.78 is 29.9. The predicted octanol–water partition coefficient (Wildman–Crippen LogP) is 4.52. The largest absolute Gasteiger partial charge is 0.491 e. The maximum atomic E-state index is 13.5. The third-order valence-corrected chi connectivity index (χ3v) is 10.0. The van der Waals surface area contributed by atoms with Crippen molar-refractivity contribution >= 4 is 37.1 Å². The molecular weight excluding hydrogens is 589 g/mol. The number of nitrogens with zero attached hydrogens (tertiary/aromatic N) is 1. The number of rotatable bonds is 14. The number of fused-ring (bicyclic) bond motifs is 1. The number of hydrogen-bond donors (Lipinski definition) is 4. The molecule has 42 heavy (non-hydrogen) atoms. The zero-order chi connectivity index (χ0) is 30.7. The van der Waals surface area contributed by atoms with E-state index >= 15 is 0 Å². The lowest BCUT2D eigenvalue weighted by Crippen LogP contribution is -2.53. The van der Waals surface area contributed by atoms with Crippen LogP contribution in [0.3, 0.4) is 0 Å². The number of aliphatic hydroxyl groups is 1. The van der Waals surface area contributed by atoms with Crippen LogP contribution in [-0.2, 0) is 29.7 Å². The molecule has 14 heteroatoms. The minimum Gasteiger partial charge on any atom is -0.491 e. The fourth-order valence-corrected chi connectivity index (χ4v) is 7.46. The molecule has 0 spiro atoms. The van der Waals surface area contributed by atoms with Crippen molar-refractivity contribution in [2.75, 3.05) is 26.4 Å². The third kappa shape index (κ3) is 9.84. The van der Waals surface area contributed by atoms with Crippen LogP contribution in [0.4, 0.5) is 4.79 Å². The van der Waals surface area contributed by atoms with E-state index in [0.717, 1.165) is 37.7 Å². The molecule has 0 bridgehead atoms. The van der Waals surface area contributed by atoms with Gasteiger partial charge in [-0.2, -0.15) is 0 Å². The van der Waals surface area contributed by atoms with Gasteiger partial charge in [0.2, 0.25) is 11.8 Å². The molecule has 0 saturated heterocycles. The molecule has 1 aromatic carbocycles. The Hall–Kier alpha value is -2.37. The van der Waals surface area contributed by atoms with Crippen LogP contribution in [-0.4, -0.2) is 77.3 Å². The fraction of sp³-hybridized carbons (Fsp3) is 0.679. The molecule has 1 aliphatic heterocycles. The summed E-state index contributed by atoms with van der Waals surface area (Å²) in [7, 11) is -4.12. The highest BCUT2D eigenvalue weighted by Crippen LogP contribution is 2.53. The van der Waals surface area contributed by atoms with Crippen LogP contribution in [0.25, 0.3) is 0 Å². The third-order valence-electron chi connectivity index (χ3n) is 7.56. The van der Waals surface area contributed by atoms with Gasteiger partial charge in [0, 0.05) is 23.6 Å². The van der Waals surface area contributed by atoms with E-state index in [0.29, 0.717) is 23.7 Å². The minimum absolute atomic E-state index is 0.0193. The van der Waals surface area contributed by atoms with Crippen molar-refractivity contribution in [2.45, 2.75) is 89.7 Å². The van der Waals surface area contributed by atoms with E-state index in [2.05, 4.69) is 10.6 Å². The molecule has 0 radical (unpaired) electrons. The quantitative estimate of drug-likeness (QED) is 0.216. The highest BCUT2D eigenvalue weighted by Gasteiger charge is 2.42. The lowest BCUT2D eigenvalue weighted by molar-refractivity contribution is -0.132. The van der Waals surface area contributed by atoms with Crippen molar-refractivity contribution in [3.8, 4) is 5.75 Å². The molecule has 1 unspecified atom stereocenters. The molecule has 4 N–H and O–H groups in total. The van der Waals surface area contributed by atoms with Crippen molar-refractivity contribution in [1.29, 1.82) is 0 Å². The lowest BCUT2D eigenvalue weighted by Gasteiger charge is -2.32. The number of aliphatic hydroxyl groups excluding tert-OH is 1. The molecule has 0 aromatic heterocycles. The minimum atomic E-state index is -4.12. The van der Waals surface area contributed by atoms with Gasteiger partial charge in [0.05, 0.1) is 25.8 Å². The van der Waals surface area contributed by atoms with Gasteiger partial charge in [0.1, 0.15) is 18.4 Å². The number of nitrogens with one attached hydrogen (secondary N) is 2. The van der Waals surface area contributed by atoms with Crippen LogP contribution >= 0.6 is 19.2 Å². The molecule has 3 amide bonds.